The van der Waals surface area contributed by atoms with E-state index in [0.717, 1.165) is 36.2 Å². The van der Waals surface area contributed by atoms with E-state index >= 15 is 0 Å². The van der Waals surface area contributed by atoms with Crippen LogP contribution in [0, 0.1) is 5.92 Å². The minimum atomic E-state index is -3.69. The van der Waals surface area contributed by atoms with Gasteiger partial charge >= 0.3 is 0 Å². The molecule has 0 saturated carbocycles. The molecule has 27 heavy (non-hydrogen) atoms. The number of carbonyl (C=O) groups is 1. The third kappa shape index (κ3) is 7.28. The van der Waals surface area contributed by atoms with E-state index in [2.05, 4.69) is 19.2 Å². The molecule has 0 aliphatic rings. The lowest BCUT2D eigenvalue weighted by Gasteiger charge is -2.24. The van der Waals surface area contributed by atoms with Gasteiger partial charge in [-0.2, -0.15) is 0 Å². The van der Waals surface area contributed by atoms with Crippen LogP contribution in [0.1, 0.15) is 39.5 Å². The first-order valence-corrected chi connectivity index (χ1v) is 11.1. The fraction of sp³-hybridized carbons (Fsp3) is 0.632. The Kier molecular flexibility index (Phi) is 9.41. The third-order valence-corrected chi connectivity index (χ3v) is 5.60. The number of carbonyl (C=O) groups excluding carboxylic acids is 1. The van der Waals surface area contributed by atoms with E-state index in [-0.39, 0.29) is 18.1 Å². The Morgan fingerprint density at radius 2 is 1.93 bits per heavy atom. The van der Waals surface area contributed by atoms with Crippen LogP contribution in [0.3, 0.4) is 0 Å². The van der Waals surface area contributed by atoms with E-state index in [1.165, 1.54) is 14.2 Å². The zero-order chi connectivity index (χ0) is 20.4. The second-order valence-corrected chi connectivity index (χ2v) is 8.43. The fourth-order valence-electron chi connectivity index (χ4n) is 2.76. The number of benzene rings is 1. The van der Waals surface area contributed by atoms with Crippen LogP contribution in [0.4, 0.5) is 5.69 Å². The minimum absolute atomic E-state index is 0.271. The highest BCUT2D eigenvalue weighted by atomic mass is 32.2. The Balaban J connectivity index is 2.95. The van der Waals surface area contributed by atoms with E-state index in [1.807, 2.05) is 0 Å². The number of hydrogen-bond donors (Lipinski definition) is 1. The number of nitrogens with one attached hydrogen (secondary N) is 1. The molecular weight excluding hydrogens is 368 g/mol. The van der Waals surface area contributed by atoms with Crippen molar-refractivity contribution in [2.45, 2.75) is 39.5 Å². The van der Waals surface area contributed by atoms with Crippen molar-refractivity contribution in [3.05, 3.63) is 18.2 Å². The molecule has 0 radical (unpaired) electrons. The van der Waals surface area contributed by atoms with Crippen LogP contribution in [-0.2, 0) is 14.8 Å². The van der Waals surface area contributed by atoms with E-state index in [9.17, 15) is 13.2 Å². The molecule has 7 nitrogen and oxygen atoms in total. The molecule has 0 spiro atoms. The lowest BCUT2D eigenvalue weighted by atomic mass is 9.99. The maximum Gasteiger partial charge on any atom is 0.240 e. The van der Waals surface area contributed by atoms with Crippen molar-refractivity contribution >= 4 is 21.6 Å². The SMILES string of the molecule is CCCCC(CC)CNC(=O)CN(c1cc(OC)ccc1OC)S(C)(=O)=O. The van der Waals surface area contributed by atoms with Gasteiger partial charge in [0.1, 0.15) is 18.0 Å². The molecule has 1 rings (SSSR count). The summed E-state index contributed by atoms with van der Waals surface area (Å²) in [5.41, 5.74) is 0.271. The number of amides is 1. The van der Waals surface area contributed by atoms with Crippen molar-refractivity contribution in [3.8, 4) is 11.5 Å². The molecule has 0 fully saturated rings. The first kappa shape index (κ1) is 23.1. The number of hydrogen-bond acceptors (Lipinski definition) is 5. The molecule has 1 atom stereocenters. The number of sulfonamides is 1. The zero-order valence-electron chi connectivity index (χ0n) is 16.9. The maximum absolute atomic E-state index is 12.4. The molecule has 1 aromatic rings. The number of nitrogens with zero attached hydrogens (tertiary/aromatic N) is 1. The molecule has 0 aliphatic carbocycles. The van der Waals surface area contributed by atoms with Gasteiger partial charge in [-0.3, -0.25) is 9.10 Å². The van der Waals surface area contributed by atoms with Crippen LogP contribution in [0.15, 0.2) is 18.2 Å². The number of ether oxygens (including phenoxy) is 2. The highest BCUT2D eigenvalue weighted by Crippen LogP contribution is 2.33. The Morgan fingerprint density at radius 1 is 1.22 bits per heavy atom. The van der Waals surface area contributed by atoms with Crippen LogP contribution in [0.25, 0.3) is 0 Å². The molecular formula is C19H32N2O5S. The quantitative estimate of drug-likeness (QED) is 0.583. The largest absolute Gasteiger partial charge is 0.497 e. The number of rotatable bonds is 12. The summed E-state index contributed by atoms with van der Waals surface area (Å²) >= 11 is 0. The molecule has 1 amide bonds. The average Bonchev–Trinajstić information content (AvgIpc) is 2.64. The molecule has 1 aromatic carbocycles. The van der Waals surface area contributed by atoms with Gasteiger partial charge in [-0.1, -0.05) is 33.1 Å². The van der Waals surface area contributed by atoms with Gasteiger partial charge in [0.15, 0.2) is 0 Å². The summed E-state index contributed by atoms with van der Waals surface area (Å²) < 4.78 is 36.1. The van der Waals surface area contributed by atoms with Gasteiger partial charge in [0.05, 0.1) is 26.2 Å². The van der Waals surface area contributed by atoms with Crippen LogP contribution >= 0.6 is 0 Å². The Hall–Kier alpha value is -1.96. The monoisotopic (exact) mass is 400 g/mol. The van der Waals surface area contributed by atoms with Gasteiger partial charge in [0.25, 0.3) is 0 Å². The fourth-order valence-corrected chi connectivity index (χ4v) is 3.61. The molecule has 1 unspecified atom stereocenters. The molecule has 1 N–H and O–H groups in total. The summed E-state index contributed by atoms with van der Waals surface area (Å²) in [7, 11) is -0.752. The molecule has 0 aliphatic heterocycles. The summed E-state index contributed by atoms with van der Waals surface area (Å²) in [6.07, 6.45) is 5.31. The molecule has 0 heterocycles. The van der Waals surface area contributed by atoms with Crippen LogP contribution in [-0.4, -0.2) is 47.9 Å². The summed E-state index contributed by atoms with van der Waals surface area (Å²) in [6.45, 7) is 4.46. The van der Waals surface area contributed by atoms with E-state index in [0.29, 0.717) is 24.0 Å². The van der Waals surface area contributed by atoms with Crippen molar-refractivity contribution in [2.75, 3.05) is 37.9 Å². The predicted molar refractivity (Wildman–Crippen MR) is 108 cm³/mol. The standard InChI is InChI=1S/C19H32N2O5S/c1-6-8-9-15(7-2)13-20-19(22)14-21(27(5,23)24)17-12-16(25-3)10-11-18(17)26-4/h10-12,15H,6-9,13-14H2,1-5H3,(H,20,22). The van der Waals surface area contributed by atoms with Crippen molar-refractivity contribution in [2.24, 2.45) is 5.92 Å². The zero-order valence-corrected chi connectivity index (χ0v) is 17.8. The van der Waals surface area contributed by atoms with E-state index < -0.39 is 10.0 Å². The van der Waals surface area contributed by atoms with Crippen molar-refractivity contribution in [1.29, 1.82) is 0 Å². The van der Waals surface area contributed by atoms with Gasteiger partial charge in [0.2, 0.25) is 15.9 Å². The van der Waals surface area contributed by atoms with Crippen molar-refractivity contribution in [3.63, 3.8) is 0 Å². The summed E-state index contributed by atoms with van der Waals surface area (Å²) in [5, 5.41) is 2.86. The van der Waals surface area contributed by atoms with Crippen molar-refractivity contribution < 1.29 is 22.7 Å². The lowest BCUT2D eigenvalue weighted by Crippen LogP contribution is -2.41. The third-order valence-electron chi connectivity index (χ3n) is 4.47. The number of methoxy groups -OCH3 is 2. The Labute approximate surface area is 163 Å². The predicted octanol–water partition coefficient (Wildman–Crippen LogP) is 2.80. The summed E-state index contributed by atoms with van der Waals surface area (Å²) in [5.74, 6) is 0.876. The van der Waals surface area contributed by atoms with Crippen LogP contribution in [0.2, 0.25) is 0 Å². The van der Waals surface area contributed by atoms with Crippen LogP contribution < -0.4 is 19.1 Å². The Bertz CT molecular complexity index is 706. The lowest BCUT2D eigenvalue weighted by molar-refractivity contribution is -0.119. The van der Waals surface area contributed by atoms with E-state index in [4.69, 9.17) is 9.47 Å². The average molecular weight is 401 g/mol. The smallest absolute Gasteiger partial charge is 0.240 e. The Morgan fingerprint density at radius 3 is 2.44 bits per heavy atom. The van der Waals surface area contributed by atoms with Gasteiger partial charge in [-0.25, -0.2) is 8.42 Å². The summed E-state index contributed by atoms with van der Waals surface area (Å²) in [6, 6.07) is 4.83. The highest BCUT2D eigenvalue weighted by molar-refractivity contribution is 7.92. The highest BCUT2D eigenvalue weighted by Gasteiger charge is 2.25. The second kappa shape index (κ2) is 11.0. The second-order valence-electron chi connectivity index (χ2n) is 6.53. The van der Waals surface area contributed by atoms with E-state index in [1.54, 1.807) is 18.2 Å². The maximum atomic E-state index is 12.4. The minimum Gasteiger partial charge on any atom is -0.497 e. The number of unbranched alkanes of at least 4 members (excludes halogenated alkanes) is 1. The van der Waals surface area contributed by atoms with Gasteiger partial charge in [-0.15, -0.1) is 0 Å². The first-order chi connectivity index (χ1) is 12.8. The topological polar surface area (TPSA) is 84.9 Å². The molecule has 0 aromatic heterocycles. The van der Waals surface area contributed by atoms with Gasteiger partial charge < -0.3 is 14.8 Å². The molecule has 154 valence electrons. The van der Waals surface area contributed by atoms with Crippen LogP contribution in [0.5, 0.6) is 11.5 Å². The molecule has 8 heteroatoms. The normalized spacial score (nSPS) is 12.3. The first-order valence-electron chi connectivity index (χ1n) is 9.23. The number of anilines is 1. The van der Waals surface area contributed by atoms with Crippen molar-refractivity contribution in [1.82, 2.24) is 5.32 Å². The van der Waals surface area contributed by atoms with Gasteiger partial charge in [-0.05, 0) is 24.5 Å². The molecule has 0 saturated heterocycles. The molecule has 0 bridgehead atoms. The summed E-state index contributed by atoms with van der Waals surface area (Å²) in [4.78, 5) is 12.4. The van der Waals surface area contributed by atoms with Gasteiger partial charge in [0, 0.05) is 12.6 Å².